The average molecular weight is 310 g/mol. The van der Waals surface area contributed by atoms with Gasteiger partial charge in [0, 0.05) is 32.2 Å². The van der Waals surface area contributed by atoms with E-state index in [4.69, 9.17) is 0 Å². The van der Waals surface area contributed by atoms with Gasteiger partial charge in [0.1, 0.15) is 0 Å². The molecule has 0 spiro atoms. The molecule has 1 aromatic heterocycles. The topological polar surface area (TPSA) is 50.2 Å². The van der Waals surface area contributed by atoms with E-state index in [2.05, 4.69) is 27.4 Å². The molecule has 3 heterocycles. The Morgan fingerprint density at radius 3 is 3.04 bits per heavy atom. The summed E-state index contributed by atoms with van der Waals surface area (Å²) in [5, 5.41) is 7.38. The van der Waals surface area contributed by atoms with Crippen molar-refractivity contribution in [3.05, 3.63) is 52.3 Å². The minimum absolute atomic E-state index is 0.0714. The number of aromatic nitrogens is 2. The largest absolute Gasteiger partial charge is 0.348 e. The van der Waals surface area contributed by atoms with Gasteiger partial charge in [-0.25, -0.2) is 0 Å². The summed E-state index contributed by atoms with van der Waals surface area (Å²) in [6.45, 7) is 5.81. The summed E-state index contributed by atoms with van der Waals surface area (Å²) in [4.78, 5) is 14.3. The first-order chi connectivity index (χ1) is 11.1. The van der Waals surface area contributed by atoms with Crippen LogP contribution in [-0.4, -0.2) is 33.7 Å². The maximum Gasteiger partial charge on any atom is 0.251 e. The number of nitrogens with zero attached hydrogens (tertiary/aromatic N) is 3. The molecule has 1 N–H and O–H groups in total. The number of nitrogens with one attached hydrogen (secondary N) is 1. The van der Waals surface area contributed by atoms with Crippen LogP contribution in [0.25, 0.3) is 0 Å². The van der Waals surface area contributed by atoms with Crippen LogP contribution in [0.5, 0.6) is 0 Å². The van der Waals surface area contributed by atoms with Crippen molar-refractivity contribution in [2.75, 3.05) is 13.1 Å². The standard InChI is InChI=1S/C18H22N4O/c1-12-8-14(21(2)20-12)11-22-7-6-13(10-22)15-4-3-5-16-17(15)9-19-18(16)23/h3-5,8,13H,6-7,9-11H2,1-2H3,(H,19,23). The molecule has 1 amide bonds. The molecule has 5 nitrogen and oxygen atoms in total. The SMILES string of the molecule is Cc1cc(CN2CCC(c3cccc4c3CNC4=O)C2)n(C)n1. The van der Waals surface area contributed by atoms with Gasteiger partial charge in [0.05, 0.1) is 11.4 Å². The van der Waals surface area contributed by atoms with Gasteiger partial charge in [0.2, 0.25) is 0 Å². The van der Waals surface area contributed by atoms with E-state index >= 15 is 0 Å². The van der Waals surface area contributed by atoms with E-state index in [1.807, 2.05) is 30.8 Å². The van der Waals surface area contributed by atoms with E-state index in [0.29, 0.717) is 12.5 Å². The van der Waals surface area contributed by atoms with E-state index in [-0.39, 0.29) is 5.91 Å². The molecule has 1 aromatic carbocycles. The van der Waals surface area contributed by atoms with Crippen molar-refractivity contribution in [3.63, 3.8) is 0 Å². The Kier molecular flexibility index (Phi) is 3.45. The van der Waals surface area contributed by atoms with E-state index in [1.165, 1.54) is 16.8 Å². The normalized spacial score (nSPS) is 20.8. The van der Waals surface area contributed by atoms with Crippen LogP contribution in [0, 0.1) is 6.92 Å². The van der Waals surface area contributed by atoms with E-state index in [1.54, 1.807) is 0 Å². The summed E-state index contributed by atoms with van der Waals surface area (Å²) in [5.74, 6) is 0.592. The van der Waals surface area contributed by atoms with Gasteiger partial charge >= 0.3 is 0 Å². The van der Waals surface area contributed by atoms with Gasteiger partial charge in [-0.2, -0.15) is 5.10 Å². The smallest absolute Gasteiger partial charge is 0.251 e. The highest BCUT2D eigenvalue weighted by Crippen LogP contribution is 2.33. The van der Waals surface area contributed by atoms with Crippen LogP contribution in [0.2, 0.25) is 0 Å². The van der Waals surface area contributed by atoms with Gasteiger partial charge in [-0.05, 0) is 49.1 Å². The molecular weight excluding hydrogens is 288 g/mol. The van der Waals surface area contributed by atoms with Gasteiger partial charge in [0.15, 0.2) is 0 Å². The van der Waals surface area contributed by atoms with Crippen molar-refractivity contribution in [2.24, 2.45) is 7.05 Å². The third-order valence-electron chi connectivity index (χ3n) is 5.08. The fraction of sp³-hybridized carbons (Fsp3) is 0.444. The maximum atomic E-state index is 11.8. The van der Waals surface area contributed by atoms with Gasteiger partial charge in [-0.15, -0.1) is 0 Å². The molecule has 1 unspecified atom stereocenters. The number of amides is 1. The Balaban J connectivity index is 1.51. The highest BCUT2D eigenvalue weighted by atomic mass is 16.1. The zero-order chi connectivity index (χ0) is 16.0. The highest BCUT2D eigenvalue weighted by Gasteiger charge is 2.29. The summed E-state index contributed by atoms with van der Waals surface area (Å²) in [7, 11) is 2.01. The van der Waals surface area contributed by atoms with Crippen LogP contribution < -0.4 is 5.32 Å². The monoisotopic (exact) mass is 310 g/mol. The lowest BCUT2D eigenvalue weighted by Gasteiger charge is -2.17. The second-order valence-electron chi connectivity index (χ2n) is 6.68. The highest BCUT2D eigenvalue weighted by molar-refractivity contribution is 5.98. The van der Waals surface area contributed by atoms with Gasteiger partial charge in [-0.1, -0.05) is 12.1 Å². The van der Waals surface area contributed by atoms with Crippen molar-refractivity contribution in [3.8, 4) is 0 Å². The molecule has 1 saturated heterocycles. The number of benzene rings is 1. The molecule has 2 aromatic rings. The minimum atomic E-state index is 0.0714. The molecule has 4 rings (SSSR count). The fourth-order valence-electron chi connectivity index (χ4n) is 3.93. The molecule has 2 aliphatic rings. The summed E-state index contributed by atoms with van der Waals surface area (Å²) < 4.78 is 1.98. The number of aryl methyl sites for hydroxylation is 2. The second kappa shape index (κ2) is 5.49. The number of rotatable bonds is 3. The molecule has 5 heteroatoms. The van der Waals surface area contributed by atoms with Crippen molar-refractivity contribution < 1.29 is 4.79 Å². The van der Waals surface area contributed by atoms with Crippen LogP contribution in [0.4, 0.5) is 0 Å². The third-order valence-corrected chi connectivity index (χ3v) is 5.08. The molecular formula is C18H22N4O. The number of hydrogen-bond acceptors (Lipinski definition) is 3. The zero-order valence-corrected chi connectivity index (χ0v) is 13.7. The molecule has 23 heavy (non-hydrogen) atoms. The molecule has 1 atom stereocenters. The number of hydrogen-bond donors (Lipinski definition) is 1. The first-order valence-electron chi connectivity index (χ1n) is 8.23. The molecule has 120 valence electrons. The first-order valence-corrected chi connectivity index (χ1v) is 8.23. The van der Waals surface area contributed by atoms with Crippen LogP contribution in [0.1, 0.15) is 45.2 Å². The zero-order valence-electron chi connectivity index (χ0n) is 13.7. The molecule has 2 aliphatic heterocycles. The summed E-state index contributed by atoms with van der Waals surface area (Å²) in [5.41, 5.74) is 5.76. The molecule has 0 aliphatic carbocycles. The predicted molar refractivity (Wildman–Crippen MR) is 88.2 cm³/mol. The first kappa shape index (κ1) is 14.5. The van der Waals surface area contributed by atoms with Crippen molar-refractivity contribution in [2.45, 2.75) is 32.4 Å². The van der Waals surface area contributed by atoms with E-state index in [9.17, 15) is 4.79 Å². The van der Waals surface area contributed by atoms with Crippen molar-refractivity contribution in [1.29, 1.82) is 0 Å². The Hall–Kier alpha value is -2.14. The Bertz CT molecular complexity index is 764. The lowest BCUT2D eigenvalue weighted by Crippen LogP contribution is -2.21. The van der Waals surface area contributed by atoms with Crippen LogP contribution >= 0.6 is 0 Å². The number of carbonyl (C=O) groups is 1. The van der Waals surface area contributed by atoms with Crippen LogP contribution in [0.15, 0.2) is 24.3 Å². The van der Waals surface area contributed by atoms with Crippen LogP contribution in [-0.2, 0) is 20.1 Å². The average Bonchev–Trinajstić information content (AvgIpc) is 3.21. The van der Waals surface area contributed by atoms with E-state index < -0.39 is 0 Å². The molecule has 0 saturated carbocycles. The minimum Gasteiger partial charge on any atom is -0.348 e. The Morgan fingerprint density at radius 2 is 2.26 bits per heavy atom. The van der Waals surface area contributed by atoms with Gasteiger partial charge in [-0.3, -0.25) is 14.4 Å². The number of likely N-dealkylation sites (tertiary alicyclic amines) is 1. The fourth-order valence-corrected chi connectivity index (χ4v) is 3.93. The molecule has 0 bridgehead atoms. The lowest BCUT2D eigenvalue weighted by molar-refractivity contribution is 0.0966. The third kappa shape index (κ3) is 2.55. The van der Waals surface area contributed by atoms with Gasteiger partial charge < -0.3 is 5.32 Å². The van der Waals surface area contributed by atoms with Crippen molar-refractivity contribution >= 4 is 5.91 Å². The Morgan fingerprint density at radius 1 is 1.39 bits per heavy atom. The quantitative estimate of drug-likeness (QED) is 0.943. The summed E-state index contributed by atoms with van der Waals surface area (Å²) in [6.07, 6.45) is 1.15. The maximum absolute atomic E-state index is 11.8. The Labute approximate surface area is 136 Å². The predicted octanol–water partition coefficient (Wildman–Crippen LogP) is 1.96. The number of carbonyl (C=O) groups excluding carboxylic acids is 1. The van der Waals surface area contributed by atoms with Crippen LogP contribution in [0.3, 0.4) is 0 Å². The molecule has 1 fully saturated rings. The second-order valence-corrected chi connectivity index (χ2v) is 6.68. The number of fused-ring (bicyclic) bond motifs is 1. The lowest BCUT2D eigenvalue weighted by atomic mass is 9.91. The summed E-state index contributed by atoms with van der Waals surface area (Å²) >= 11 is 0. The van der Waals surface area contributed by atoms with Crippen molar-refractivity contribution in [1.82, 2.24) is 20.0 Å². The molecule has 0 radical (unpaired) electrons. The van der Waals surface area contributed by atoms with Gasteiger partial charge in [0.25, 0.3) is 5.91 Å². The summed E-state index contributed by atoms with van der Waals surface area (Å²) in [6, 6.07) is 8.32. The van der Waals surface area contributed by atoms with E-state index in [0.717, 1.165) is 37.3 Å².